The lowest BCUT2D eigenvalue weighted by atomic mass is 10.1. The van der Waals surface area contributed by atoms with Crippen molar-refractivity contribution in [3.8, 4) is 0 Å². The summed E-state index contributed by atoms with van der Waals surface area (Å²) in [6.45, 7) is 0. The summed E-state index contributed by atoms with van der Waals surface area (Å²) in [5, 5.41) is 13.5. The smallest absolute Gasteiger partial charge is 0.146 e. The molecule has 0 bridgehead atoms. The Bertz CT molecular complexity index is 3360. The first-order valence-electron chi connectivity index (χ1n) is 18.9. The van der Waals surface area contributed by atoms with Crippen LogP contribution in [0, 0.1) is 0 Å². The molecular formula is C50H33N3P2S2. The fourth-order valence-electron chi connectivity index (χ4n) is 8.56. The van der Waals surface area contributed by atoms with E-state index < -0.39 is 12.1 Å². The molecule has 0 amide bonds. The Labute approximate surface area is 340 Å². The van der Waals surface area contributed by atoms with Crippen molar-refractivity contribution in [2.24, 2.45) is 0 Å². The SMILES string of the molecule is S=P(c1ccccc1)(c1ccccc1)c1ccc2c3ccccc3n3c4cccc(P(=S)(c5ccc6ccccc6c5)c5cnc6ccccc6c5)c4nc3c2c1. The third kappa shape index (κ3) is 5.31. The van der Waals surface area contributed by atoms with Crippen LogP contribution >= 0.6 is 12.1 Å². The molecule has 0 fully saturated rings. The van der Waals surface area contributed by atoms with Crippen molar-refractivity contribution < 1.29 is 0 Å². The maximum atomic E-state index is 7.14. The lowest BCUT2D eigenvalue weighted by molar-refractivity contribution is 1.32. The molecule has 0 spiro atoms. The number of para-hydroxylation sites is 3. The van der Waals surface area contributed by atoms with E-state index in [0.717, 1.165) is 75.9 Å². The molecule has 8 aromatic carbocycles. The summed E-state index contributed by atoms with van der Waals surface area (Å²) in [6, 6.07) is 63.9. The van der Waals surface area contributed by atoms with Crippen LogP contribution in [0.15, 0.2) is 200 Å². The van der Waals surface area contributed by atoms with Gasteiger partial charge in [-0.15, -0.1) is 0 Å². The third-order valence-corrected chi connectivity index (χ3v) is 21.1. The van der Waals surface area contributed by atoms with Gasteiger partial charge in [0, 0.05) is 45.0 Å². The molecule has 11 aromatic rings. The van der Waals surface area contributed by atoms with Gasteiger partial charge in [-0.05, 0) is 73.8 Å². The number of nitrogens with zero attached hydrogens (tertiary/aromatic N) is 3. The van der Waals surface area contributed by atoms with Gasteiger partial charge in [0.2, 0.25) is 0 Å². The number of imidazole rings is 1. The average Bonchev–Trinajstić information content (AvgIpc) is 3.69. The summed E-state index contributed by atoms with van der Waals surface area (Å²) in [4.78, 5) is 10.7. The Hall–Kier alpha value is -5.80. The van der Waals surface area contributed by atoms with E-state index in [1.54, 1.807) is 0 Å². The van der Waals surface area contributed by atoms with Crippen LogP contribution in [0.3, 0.4) is 0 Å². The molecule has 0 saturated heterocycles. The molecule has 3 aromatic heterocycles. The van der Waals surface area contributed by atoms with Crippen LogP contribution in [0.25, 0.3) is 60.0 Å². The second kappa shape index (κ2) is 13.4. The minimum Gasteiger partial charge on any atom is -0.292 e. The number of benzene rings is 8. The van der Waals surface area contributed by atoms with Crippen LogP contribution < -0.4 is 31.8 Å². The van der Waals surface area contributed by atoms with Gasteiger partial charge in [-0.3, -0.25) is 9.38 Å². The van der Waals surface area contributed by atoms with E-state index in [0.29, 0.717) is 0 Å². The summed E-state index contributed by atoms with van der Waals surface area (Å²) in [5.74, 6) is 0. The van der Waals surface area contributed by atoms with Crippen molar-refractivity contribution in [2.45, 2.75) is 0 Å². The zero-order chi connectivity index (χ0) is 38.1. The van der Waals surface area contributed by atoms with Gasteiger partial charge >= 0.3 is 0 Å². The molecule has 1 atom stereocenters. The van der Waals surface area contributed by atoms with Crippen LogP contribution in [-0.2, 0) is 23.6 Å². The molecule has 1 unspecified atom stereocenters. The first kappa shape index (κ1) is 34.4. The lowest BCUT2D eigenvalue weighted by Crippen LogP contribution is -2.26. The van der Waals surface area contributed by atoms with Gasteiger partial charge in [-0.25, -0.2) is 4.98 Å². The normalized spacial score (nSPS) is 13.2. The molecule has 3 heterocycles. The summed E-state index contributed by atoms with van der Waals surface area (Å²) < 4.78 is 2.34. The monoisotopic (exact) mass is 801 g/mol. The zero-order valence-corrected chi connectivity index (χ0v) is 34.0. The van der Waals surface area contributed by atoms with E-state index >= 15 is 0 Å². The van der Waals surface area contributed by atoms with Crippen LogP contribution in [0.4, 0.5) is 0 Å². The topological polar surface area (TPSA) is 30.2 Å². The molecule has 7 heteroatoms. The summed E-state index contributed by atoms with van der Waals surface area (Å²) in [5.41, 5.74) is 4.89. The molecule has 57 heavy (non-hydrogen) atoms. The minimum atomic E-state index is -2.74. The maximum absolute atomic E-state index is 7.14. The molecule has 0 N–H and O–H groups in total. The Morgan fingerprint density at radius 1 is 0.404 bits per heavy atom. The summed E-state index contributed by atoms with van der Waals surface area (Å²) in [7, 11) is 0. The number of hydrogen-bond donors (Lipinski definition) is 0. The highest BCUT2D eigenvalue weighted by atomic mass is 32.4. The predicted molar refractivity (Wildman–Crippen MR) is 253 cm³/mol. The zero-order valence-electron chi connectivity index (χ0n) is 30.6. The van der Waals surface area contributed by atoms with Crippen molar-refractivity contribution in [3.63, 3.8) is 0 Å². The van der Waals surface area contributed by atoms with Gasteiger partial charge in [-0.1, -0.05) is 181 Å². The largest absolute Gasteiger partial charge is 0.292 e. The van der Waals surface area contributed by atoms with E-state index in [9.17, 15) is 0 Å². The number of rotatable bonds is 6. The highest BCUT2D eigenvalue weighted by Crippen LogP contribution is 2.47. The van der Waals surface area contributed by atoms with Gasteiger partial charge in [-0.2, -0.15) is 0 Å². The Kier molecular flexibility index (Phi) is 8.10. The third-order valence-electron chi connectivity index (χ3n) is 11.3. The number of aromatic nitrogens is 3. The quantitative estimate of drug-likeness (QED) is 0.124. The van der Waals surface area contributed by atoms with E-state index in [1.807, 2.05) is 12.3 Å². The van der Waals surface area contributed by atoms with Gasteiger partial charge in [0.05, 0.1) is 22.1 Å². The number of pyridine rings is 2. The number of fused-ring (bicyclic) bond motifs is 10. The van der Waals surface area contributed by atoms with Gasteiger partial charge in [0.15, 0.2) is 0 Å². The van der Waals surface area contributed by atoms with E-state index in [1.165, 1.54) is 16.0 Å². The highest BCUT2D eigenvalue weighted by molar-refractivity contribution is 8.26. The molecule has 0 aliphatic heterocycles. The lowest BCUT2D eigenvalue weighted by Gasteiger charge is -2.25. The molecule has 0 saturated carbocycles. The van der Waals surface area contributed by atoms with Crippen molar-refractivity contribution >= 4 is 128 Å². The summed E-state index contributed by atoms with van der Waals surface area (Å²) in [6.07, 6.45) is 2.00. The second-order valence-corrected chi connectivity index (χ2v) is 23.3. The first-order valence-corrected chi connectivity index (χ1v) is 24.6. The molecule has 11 rings (SSSR count). The molecule has 0 aliphatic rings. The maximum Gasteiger partial charge on any atom is 0.146 e. The van der Waals surface area contributed by atoms with E-state index in [4.69, 9.17) is 33.6 Å². The molecule has 0 aliphatic carbocycles. The van der Waals surface area contributed by atoms with E-state index in [-0.39, 0.29) is 0 Å². The molecule has 0 radical (unpaired) electrons. The molecular weight excluding hydrogens is 769 g/mol. The molecule has 3 nitrogen and oxygen atoms in total. The van der Waals surface area contributed by atoms with Crippen molar-refractivity contribution in [1.82, 2.24) is 14.4 Å². The van der Waals surface area contributed by atoms with Crippen LogP contribution in [0.5, 0.6) is 0 Å². The highest BCUT2D eigenvalue weighted by Gasteiger charge is 2.31. The molecule has 270 valence electrons. The Morgan fingerprint density at radius 3 is 1.81 bits per heavy atom. The predicted octanol–water partition coefficient (Wildman–Crippen LogP) is 10.0. The first-order chi connectivity index (χ1) is 28.0. The minimum absolute atomic E-state index is 0.896. The van der Waals surface area contributed by atoms with Gasteiger partial charge < -0.3 is 0 Å². The fourth-order valence-corrected chi connectivity index (χ4v) is 16.1. The number of hydrogen-bond acceptors (Lipinski definition) is 4. The van der Waals surface area contributed by atoms with Crippen molar-refractivity contribution in [1.29, 1.82) is 0 Å². The van der Waals surface area contributed by atoms with Crippen molar-refractivity contribution in [3.05, 3.63) is 200 Å². The van der Waals surface area contributed by atoms with Crippen LogP contribution in [0.1, 0.15) is 0 Å². The Morgan fingerprint density at radius 2 is 1.02 bits per heavy atom. The summed E-state index contributed by atoms with van der Waals surface area (Å²) >= 11 is 14.0. The Balaban J connectivity index is 1.24. The average molecular weight is 802 g/mol. The van der Waals surface area contributed by atoms with Crippen LogP contribution in [0.2, 0.25) is 0 Å². The van der Waals surface area contributed by atoms with Crippen LogP contribution in [-0.4, -0.2) is 14.4 Å². The van der Waals surface area contributed by atoms with Gasteiger partial charge in [0.1, 0.15) is 5.65 Å². The van der Waals surface area contributed by atoms with Crippen molar-refractivity contribution in [2.75, 3.05) is 0 Å². The standard InChI is InChI=1S/C50H33N3P2S2/c56-54(37-17-3-1-4-18-37,38-19-5-2-6-20-38)40-28-29-42-43-21-10-12-23-46(43)53-47-24-13-25-48(49(47)52-50(53)44(42)32-40)55(57,39-27-26-34-14-7-8-15-35(34)30-39)41-31-36-16-9-11-22-45(36)51-33-41/h1-33H. The fraction of sp³-hybridized carbons (Fsp3) is 0. The second-order valence-electron chi connectivity index (χ2n) is 14.5. The van der Waals surface area contributed by atoms with Gasteiger partial charge in [0.25, 0.3) is 0 Å². The van der Waals surface area contributed by atoms with E-state index in [2.05, 4.69) is 192 Å².